The molecule has 4 rings (SSSR count). The number of aromatic nitrogens is 1. The summed E-state index contributed by atoms with van der Waals surface area (Å²) in [5, 5.41) is 2.94. The van der Waals surface area contributed by atoms with E-state index in [9.17, 15) is 22.4 Å². The van der Waals surface area contributed by atoms with Crippen LogP contribution in [0.1, 0.15) is 28.0 Å². The van der Waals surface area contributed by atoms with Gasteiger partial charge in [-0.3, -0.25) is 9.78 Å². The summed E-state index contributed by atoms with van der Waals surface area (Å²) in [6.07, 6.45) is -3.00. The molecule has 1 amide bonds. The molecule has 2 heterocycles. The van der Waals surface area contributed by atoms with Gasteiger partial charge >= 0.3 is 6.36 Å². The van der Waals surface area contributed by atoms with Crippen LogP contribution in [0.15, 0.2) is 66.9 Å². The van der Waals surface area contributed by atoms with Gasteiger partial charge in [0.15, 0.2) is 0 Å². The highest BCUT2D eigenvalue weighted by Gasteiger charge is 2.42. The van der Waals surface area contributed by atoms with Gasteiger partial charge in [0.2, 0.25) is 0 Å². The second kappa shape index (κ2) is 7.90. The van der Waals surface area contributed by atoms with Crippen molar-refractivity contribution < 1.29 is 31.8 Å². The van der Waals surface area contributed by atoms with E-state index in [0.717, 1.165) is 0 Å². The number of nitrogens with zero attached hydrogens (tertiary/aromatic N) is 1. The average molecular weight is 432 g/mol. The molecular formula is C22H16F4N2O3. The summed E-state index contributed by atoms with van der Waals surface area (Å²) in [6.45, 7) is 0.239. The fraction of sp³-hybridized carbons (Fsp3) is 0.182. The first-order valence-electron chi connectivity index (χ1n) is 9.29. The molecule has 3 aromatic rings. The van der Waals surface area contributed by atoms with E-state index in [1.54, 1.807) is 12.1 Å². The molecule has 160 valence electrons. The molecule has 0 bridgehead atoms. The maximum atomic E-state index is 13.3. The molecule has 9 heteroatoms. The first-order valence-corrected chi connectivity index (χ1v) is 9.29. The van der Waals surface area contributed by atoms with Gasteiger partial charge in [-0.15, -0.1) is 13.2 Å². The molecule has 0 radical (unpaired) electrons. The van der Waals surface area contributed by atoms with E-state index in [1.807, 2.05) is 0 Å². The Hall–Kier alpha value is -3.62. The molecule has 31 heavy (non-hydrogen) atoms. The average Bonchev–Trinajstić information content (AvgIpc) is 2.74. The Balaban J connectivity index is 1.76. The number of pyridine rings is 1. The van der Waals surface area contributed by atoms with Crippen LogP contribution in [-0.2, 0) is 5.54 Å². The van der Waals surface area contributed by atoms with Gasteiger partial charge in [-0.05, 0) is 54.1 Å². The van der Waals surface area contributed by atoms with Gasteiger partial charge in [0, 0.05) is 18.2 Å². The summed E-state index contributed by atoms with van der Waals surface area (Å²) >= 11 is 0. The van der Waals surface area contributed by atoms with E-state index in [2.05, 4.69) is 15.0 Å². The van der Waals surface area contributed by atoms with Crippen molar-refractivity contribution >= 4 is 5.91 Å². The monoisotopic (exact) mass is 432 g/mol. The van der Waals surface area contributed by atoms with Gasteiger partial charge in [-0.2, -0.15) is 0 Å². The lowest BCUT2D eigenvalue weighted by molar-refractivity contribution is -0.274. The fourth-order valence-corrected chi connectivity index (χ4v) is 3.54. The van der Waals surface area contributed by atoms with Crippen LogP contribution in [0.2, 0.25) is 0 Å². The molecular weight excluding hydrogens is 416 g/mol. The van der Waals surface area contributed by atoms with Crippen molar-refractivity contribution in [1.82, 2.24) is 10.3 Å². The van der Waals surface area contributed by atoms with E-state index in [0.29, 0.717) is 17.0 Å². The van der Waals surface area contributed by atoms with Crippen molar-refractivity contribution in [2.75, 3.05) is 6.61 Å². The minimum Gasteiger partial charge on any atom is -0.491 e. The highest BCUT2D eigenvalue weighted by molar-refractivity contribution is 5.95. The molecule has 1 aliphatic rings. The lowest BCUT2D eigenvalue weighted by Gasteiger charge is -2.39. The van der Waals surface area contributed by atoms with E-state index < -0.39 is 23.6 Å². The number of alkyl halides is 3. The third kappa shape index (κ3) is 4.30. The lowest BCUT2D eigenvalue weighted by Crippen LogP contribution is -2.50. The molecule has 1 N–H and O–H groups in total. The van der Waals surface area contributed by atoms with Crippen LogP contribution < -0.4 is 14.8 Å². The van der Waals surface area contributed by atoms with Crippen molar-refractivity contribution in [2.45, 2.75) is 18.3 Å². The maximum absolute atomic E-state index is 13.3. The second-order valence-electron chi connectivity index (χ2n) is 6.89. The summed E-state index contributed by atoms with van der Waals surface area (Å²) in [5.74, 6) is -0.910. The molecule has 1 unspecified atom stereocenters. The zero-order chi connectivity index (χ0) is 22.1. The number of carbonyl (C=O) groups is 1. The van der Waals surface area contributed by atoms with Gasteiger partial charge < -0.3 is 14.8 Å². The van der Waals surface area contributed by atoms with Crippen LogP contribution in [0.5, 0.6) is 11.5 Å². The van der Waals surface area contributed by atoms with Crippen LogP contribution in [0, 0.1) is 5.82 Å². The Morgan fingerprint density at radius 2 is 1.77 bits per heavy atom. The quantitative estimate of drug-likeness (QED) is 0.614. The Morgan fingerprint density at radius 3 is 2.45 bits per heavy atom. The Kier molecular flexibility index (Phi) is 5.26. The molecule has 5 nitrogen and oxygen atoms in total. The fourth-order valence-electron chi connectivity index (χ4n) is 3.54. The van der Waals surface area contributed by atoms with Crippen molar-refractivity contribution in [3.8, 4) is 11.5 Å². The molecule has 1 atom stereocenters. The Bertz CT molecular complexity index is 1090. The van der Waals surface area contributed by atoms with Gasteiger partial charge in [0.25, 0.3) is 5.91 Å². The largest absolute Gasteiger partial charge is 0.573 e. The molecule has 0 saturated heterocycles. The van der Waals surface area contributed by atoms with Crippen LogP contribution in [0.4, 0.5) is 17.6 Å². The highest BCUT2D eigenvalue weighted by atomic mass is 19.4. The number of carbonyl (C=O) groups excluding carboxylic acids is 1. The number of nitrogens with one attached hydrogen (secondary N) is 1. The first-order chi connectivity index (χ1) is 14.8. The third-order valence-electron chi connectivity index (χ3n) is 4.92. The predicted molar refractivity (Wildman–Crippen MR) is 102 cm³/mol. The first kappa shape index (κ1) is 20.6. The molecule has 1 aliphatic heterocycles. The van der Waals surface area contributed by atoms with E-state index >= 15 is 0 Å². The topological polar surface area (TPSA) is 60.5 Å². The predicted octanol–water partition coefficient (Wildman–Crippen LogP) is 4.58. The van der Waals surface area contributed by atoms with Crippen molar-refractivity contribution in [3.63, 3.8) is 0 Å². The SMILES string of the molecule is O=C(NC1(c2ccc(OC(F)(F)F)cc2)CCOc2cccnc21)c1ccc(F)cc1. The van der Waals surface area contributed by atoms with Gasteiger partial charge in [-0.25, -0.2) is 4.39 Å². The molecule has 1 aromatic heterocycles. The molecule has 0 fully saturated rings. The highest BCUT2D eigenvalue weighted by Crippen LogP contribution is 2.41. The second-order valence-corrected chi connectivity index (χ2v) is 6.89. The molecule has 0 saturated carbocycles. The van der Waals surface area contributed by atoms with Crippen LogP contribution in [0.25, 0.3) is 0 Å². The van der Waals surface area contributed by atoms with Crippen molar-refractivity contribution in [3.05, 3.63) is 89.5 Å². The molecule has 0 aliphatic carbocycles. The number of hydrogen-bond acceptors (Lipinski definition) is 4. The molecule has 2 aromatic carbocycles. The number of halogens is 4. The Morgan fingerprint density at radius 1 is 1.06 bits per heavy atom. The smallest absolute Gasteiger partial charge is 0.491 e. The standard InChI is InChI=1S/C22H16F4N2O3/c23-16-7-3-14(4-8-16)20(29)28-21(11-13-30-18-2-1-12-27-19(18)21)15-5-9-17(10-6-15)31-22(24,25)26/h1-10,12H,11,13H2,(H,28,29). The number of hydrogen-bond donors (Lipinski definition) is 1. The number of fused-ring (bicyclic) bond motifs is 1. The van der Waals surface area contributed by atoms with Crippen molar-refractivity contribution in [2.24, 2.45) is 0 Å². The normalized spacial score (nSPS) is 17.9. The van der Waals surface area contributed by atoms with E-state index in [4.69, 9.17) is 4.74 Å². The summed E-state index contributed by atoms with van der Waals surface area (Å²) in [5.41, 5.74) is -0.0272. The number of rotatable bonds is 4. The summed E-state index contributed by atoms with van der Waals surface area (Å²) in [6, 6.07) is 13.6. The Labute approximate surface area is 174 Å². The lowest BCUT2D eigenvalue weighted by atomic mass is 9.81. The van der Waals surface area contributed by atoms with Gasteiger partial charge in [0.1, 0.15) is 28.5 Å². The summed E-state index contributed by atoms with van der Waals surface area (Å²) in [7, 11) is 0. The minimum atomic E-state index is -4.82. The van der Waals surface area contributed by atoms with E-state index in [1.165, 1.54) is 54.7 Å². The number of ether oxygens (including phenoxy) is 2. The summed E-state index contributed by atoms with van der Waals surface area (Å²) in [4.78, 5) is 17.4. The number of amides is 1. The van der Waals surface area contributed by atoms with Gasteiger partial charge in [0.05, 0.1) is 6.61 Å². The number of benzene rings is 2. The van der Waals surface area contributed by atoms with Gasteiger partial charge in [-0.1, -0.05) is 12.1 Å². The summed E-state index contributed by atoms with van der Waals surface area (Å²) < 4.78 is 60.4. The zero-order valence-corrected chi connectivity index (χ0v) is 15.9. The zero-order valence-electron chi connectivity index (χ0n) is 15.9. The van der Waals surface area contributed by atoms with E-state index in [-0.39, 0.29) is 24.3 Å². The van der Waals surface area contributed by atoms with Crippen molar-refractivity contribution in [1.29, 1.82) is 0 Å². The van der Waals surface area contributed by atoms with Crippen LogP contribution >= 0.6 is 0 Å². The third-order valence-corrected chi connectivity index (χ3v) is 4.92. The minimum absolute atomic E-state index is 0.224. The molecule has 0 spiro atoms. The maximum Gasteiger partial charge on any atom is 0.573 e. The van der Waals surface area contributed by atoms with Crippen LogP contribution in [0.3, 0.4) is 0 Å². The van der Waals surface area contributed by atoms with Crippen LogP contribution in [-0.4, -0.2) is 23.9 Å².